The van der Waals surface area contributed by atoms with Crippen LogP contribution in [-0.2, 0) is 9.53 Å². The quantitative estimate of drug-likeness (QED) is 0.727. The summed E-state index contributed by atoms with van der Waals surface area (Å²) in [5.41, 5.74) is -0.134. The average molecular weight is 421 g/mol. The molecule has 3 amide bonds. The number of likely N-dealkylation sites (tertiary alicyclic amines) is 1. The van der Waals surface area contributed by atoms with E-state index >= 15 is 0 Å². The number of alkyl carbamates (subject to hydrolysis) is 1. The predicted octanol–water partition coefficient (Wildman–Crippen LogP) is 1.95. The first-order valence-corrected chi connectivity index (χ1v) is 9.90. The van der Waals surface area contributed by atoms with Crippen LogP contribution in [0.2, 0.25) is 0 Å². The molecule has 1 aliphatic rings. The van der Waals surface area contributed by atoms with Gasteiger partial charge in [0.15, 0.2) is 11.5 Å². The van der Waals surface area contributed by atoms with E-state index in [9.17, 15) is 14.4 Å². The maximum absolute atomic E-state index is 12.5. The van der Waals surface area contributed by atoms with Gasteiger partial charge in [-0.15, -0.1) is 0 Å². The maximum Gasteiger partial charge on any atom is 0.408 e. The molecule has 0 spiro atoms. The molecule has 1 aliphatic heterocycles. The zero-order chi connectivity index (χ0) is 22.3. The normalized spacial score (nSPS) is 14.6. The predicted molar refractivity (Wildman–Crippen MR) is 111 cm³/mol. The number of methoxy groups -OCH3 is 2. The molecule has 0 bridgehead atoms. The molecule has 2 N–H and O–H groups in total. The number of hydrogen-bond acceptors (Lipinski definition) is 6. The number of benzene rings is 1. The van der Waals surface area contributed by atoms with Crippen molar-refractivity contribution in [1.82, 2.24) is 15.5 Å². The molecule has 9 heteroatoms. The van der Waals surface area contributed by atoms with Crippen molar-refractivity contribution < 1.29 is 28.6 Å². The Bertz CT molecular complexity index is 766. The lowest BCUT2D eigenvalue weighted by Crippen LogP contribution is -2.49. The molecule has 1 fully saturated rings. The number of nitrogens with zero attached hydrogens (tertiary/aromatic N) is 1. The molecule has 166 valence electrons. The van der Waals surface area contributed by atoms with Gasteiger partial charge in [-0.05, 0) is 51.8 Å². The Kier molecular flexibility index (Phi) is 7.91. The van der Waals surface area contributed by atoms with E-state index in [0.29, 0.717) is 43.0 Å². The number of hydrogen-bond donors (Lipinski definition) is 2. The van der Waals surface area contributed by atoms with Crippen LogP contribution in [0.25, 0.3) is 0 Å². The van der Waals surface area contributed by atoms with Crippen molar-refractivity contribution >= 4 is 17.9 Å². The Morgan fingerprint density at radius 1 is 1.07 bits per heavy atom. The molecular formula is C21H31N3O6. The van der Waals surface area contributed by atoms with Crippen molar-refractivity contribution in [2.24, 2.45) is 0 Å². The Morgan fingerprint density at radius 3 is 2.27 bits per heavy atom. The SMILES string of the molecule is COc1ccc(C(=O)NC2CCN(C(=O)CNC(=O)OC(C)(C)C)CC2)cc1OC. The van der Waals surface area contributed by atoms with E-state index < -0.39 is 11.7 Å². The summed E-state index contributed by atoms with van der Waals surface area (Å²) in [6.45, 7) is 6.18. The molecule has 30 heavy (non-hydrogen) atoms. The third-order valence-corrected chi connectivity index (χ3v) is 4.61. The molecule has 0 atom stereocenters. The lowest BCUT2D eigenvalue weighted by atomic mass is 10.0. The fourth-order valence-corrected chi connectivity index (χ4v) is 3.09. The highest BCUT2D eigenvalue weighted by molar-refractivity contribution is 5.95. The molecule has 1 aromatic rings. The molecule has 0 unspecified atom stereocenters. The fraction of sp³-hybridized carbons (Fsp3) is 0.571. The molecule has 0 aliphatic carbocycles. The summed E-state index contributed by atoms with van der Waals surface area (Å²) in [5, 5.41) is 5.47. The number of rotatable bonds is 6. The highest BCUT2D eigenvalue weighted by Gasteiger charge is 2.25. The summed E-state index contributed by atoms with van der Waals surface area (Å²) < 4.78 is 15.5. The summed E-state index contributed by atoms with van der Waals surface area (Å²) in [6.07, 6.45) is 0.655. The lowest BCUT2D eigenvalue weighted by molar-refractivity contribution is -0.131. The molecule has 1 saturated heterocycles. The number of piperidine rings is 1. The third kappa shape index (κ3) is 6.82. The van der Waals surface area contributed by atoms with Crippen LogP contribution in [0.1, 0.15) is 44.0 Å². The number of carbonyl (C=O) groups excluding carboxylic acids is 3. The highest BCUT2D eigenvalue weighted by Crippen LogP contribution is 2.27. The molecule has 1 aromatic carbocycles. The highest BCUT2D eigenvalue weighted by atomic mass is 16.6. The zero-order valence-corrected chi connectivity index (χ0v) is 18.2. The van der Waals surface area contributed by atoms with Crippen molar-refractivity contribution in [3.8, 4) is 11.5 Å². The van der Waals surface area contributed by atoms with Gasteiger partial charge in [0.2, 0.25) is 5.91 Å². The topological polar surface area (TPSA) is 106 Å². The third-order valence-electron chi connectivity index (χ3n) is 4.61. The summed E-state index contributed by atoms with van der Waals surface area (Å²) in [4.78, 5) is 38.2. The largest absolute Gasteiger partial charge is 0.493 e. The van der Waals surface area contributed by atoms with Crippen LogP contribution >= 0.6 is 0 Å². The van der Waals surface area contributed by atoms with Gasteiger partial charge in [0, 0.05) is 24.7 Å². The van der Waals surface area contributed by atoms with Gasteiger partial charge in [-0.3, -0.25) is 9.59 Å². The second kappa shape index (κ2) is 10.2. The summed E-state index contributed by atoms with van der Waals surface area (Å²) in [7, 11) is 3.06. The van der Waals surface area contributed by atoms with Gasteiger partial charge in [0.05, 0.1) is 14.2 Å². The number of amides is 3. The molecule has 1 heterocycles. The first-order chi connectivity index (χ1) is 14.1. The Balaban J connectivity index is 1.79. The van der Waals surface area contributed by atoms with Crippen LogP contribution in [0.15, 0.2) is 18.2 Å². The second-order valence-corrected chi connectivity index (χ2v) is 8.05. The van der Waals surface area contributed by atoms with Crippen LogP contribution in [-0.4, -0.2) is 68.3 Å². The van der Waals surface area contributed by atoms with Gasteiger partial charge >= 0.3 is 6.09 Å². The van der Waals surface area contributed by atoms with E-state index in [4.69, 9.17) is 14.2 Å². The van der Waals surface area contributed by atoms with Crippen molar-refractivity contribution in [1.29, 1.82) is 0 Å². The Morgan fingerprint density at radius 2 is 1.70 bits per heavy atom. The molecule has 9 nitrogen and oxygen atoms in total. The first-order valence-electron chi connectivity index (χ1n) is 9.90. The van der Waals surface area contributed by atoms with Gasteiger partial charge < -0.3 is 29.7 Å². The average Bonchev–Trinajstić information content (AvgIpc) is 2.70. The Hall–Kier alpha value is -2.97. The van der Waals surface area contributed by atoms with Crippen molar-refractivity contribution in [2.45, 2.75) is 45.3 Å². The second-order valence-electron chi connectivity index (χ2n) is 8.05. The molecule has 0 saturated carbocycles. The minimum Gasteiger partial charge on any atom is -0.493 e. The summed E-state index contributed by atoms with van der Waals surface area (Å²) in [5.74, 6) is 0.668. The van der Waals surface area contributed by atoms with Gasteiger partial charge in [-0.2, -0.15) is 0 Å². The van der Waals surface area contributed by atoms with Gasteiger partial charge in [0.1, 0.15) is 12.1 Å². The molecule has 2 rings (SSSR count). The smallest absolute Gasteiger partial charge is 0.408 e. The van der Waals surface area contributed by atoms with E-state index in [1.54, 1.807) is 43.9 Å². The van der Waals surface area contributed by atoms with Gasteiger partial charge in [-0.25, -0.2) is 4.79 Å². The van der Waals surface area contributed by atoms with Crippen LogP contribution in [0.5, 0.6) is 11.5 Å². The van der Waals surface area contributed by atoms with E-state index in [-0.39, 0.29) is 24.4 Å². The van der Waals surface area contributed by atoms with Crippen LogP contribution in [0, 0.1) is 0 Å². The number of carbonyl (C=O) groups is 3. The lowest BCUT2D eigenvalue weighted by Gasteiger charge is -2.32. The molecular weight excluding hydrogens is 390 g/mol. The zero-order valence-electron chi connectivity index (χ0n) is 18.2. The maximum atomic E-state index is 12.5. The minimum atomic E-state index is -0.618. The Labute approximate surface area is 177 Å². The van der Waals surface area contributed by atoms with E-state index in [0.717, 1.165) is 0 Å². The van der Waals surface area contributed by atoms with Crippen LogP contribution < -0.4 is 20.1 Å². The van der Waals surface area contributed by atoms with E-state index in [2.05, 4.69) is 10.6 Å². The van der Waals surface area contributed by atoms with Gasteiger partial charge in [-0.1, -0.05) is 0 Å². The fourth-order valence-electron chi connectivity index (χ4n) is 3.09. The van der Waals surface area contributed by atoms with Crippen LogP contribution in [0.4, 0.5) is 4.79 Å². The van der Waals surface area contributed by atoms with Crippen molar-refractivity contribution in [3.63, 3.8) is 0 Å². The summed E-state index contributed by atoms with van der Waals surface area (Å²) >= 11 is 0. The standard InChI is InChI=1S/C21H31N3O6/c1-21(2,3)30-20(27)22-13-18(25)24-10-8-15(9-11-24)23-19(26)14-6-7-16(28-4)17(12-14)29-5/h6-7,12,15H,8-11,13H2,1-5H3,(H,22,27)(H,23,26). The van der Waals surface area contributed by atoms with Crippen LogP contribution in [0.3, 0.4) is 0 Å². The first kappa shape index (κ1) is 23.3. The monoisotopic (exact) mass is 421 g/mol. The van der Waals surface area contributed by atoms with Crippen molar-refractivity contribution in [2.75, 3.05) is 33.9 Å². The van der Waals surface area contributed by atoms with E-state index in [1.165, 1.54) is 14.2 Å². The number of nitrogens with one attached hydrogen (secondary N) is 2. The minimum absolute atomic E-state index is 0.0338. The molecule has 0 aromatic heterocycles. The van der Waals surface area contributed by atoms with Crippen molar-refractivity contribution in [3.05, 3.63) is 23.8 Å². The molecule has 0 radical (unpaired) electrons. The number of ether oxygens (including phenoxy) is 3. The van der Waals surface area contributed by atoms with E-state index in [1.807, 2.05) is 0 Å². The van der Waals surface area contributed by atoms with Gasteiger partial charge in [0.25, 0.3) is 5.91 Å². The summed E-state index contributed by atoms with van der Waals surface area (Å²) in [6, 6.07) is 4.97.